The van der Waals surface area contributed by atoms with Crippen molar-refractivity contribution >= 4 is 23.6 Å². The summed E-state index contributed by atoms with van der Waals surface area (Å²) in [6.45, 7) is 10.2. The SMILES string of the molecule is C=CCN(C(=O)CNC(=O)OC(C)(C)C)C(C(=O)Nc1ccc(OC)cc1)c1ccc(O)c(C)c1. The van der Waals surface area contributed by atoms with Gasteiger partial charge in [0.15, 0.2) is 0 Å². The number of aromatic hydroxyl groups is 1. The number of aryl methyl sites for hydroxylation is 1. The maximum absolute atomic E-state index is 13.5. The summed E-state index contributed by atoms with van der Waals surface area (Å²) in [4.78, 5) is 40.0. The average molecular weight is 484 g/mol. The van der Waals surface area contributed by atoms with Crippen molar-refractivity contribution in [3.8, 4) is 11.5 Å². The van der Waals surface area contributed by atoms with Gasteiger partial charge >= 0.3 is 6.09 Å². The molecule has 3 N–H and O–H groups in total. The van der Waals surface area contributed by atoms with Gasteiger partial charge in [0.2, 0.25) is 5.91 Å². The Kier molecular flexibility index (Phi) is 9.27. The van der Waals surface area contributed by atoms with Crippen LogP contribution in [0.5, 0.6) is 11.5 Å². The lowest BCUT2D eigenvalue weighted by Crippen LogP contribution is -2.46. The molecule has 9 heteroatoms. The molecule has 188 valence electrons. The summed E-state index contributed by atoms with van der Waals surface area (Å²) in [5.74, 6) is -0.300. The molecule has 0 aliphatic carbocycles. The number of ether oxygens (including phenoxy) is 2. The number of methoxy groups -OCH3 is 1. The van der Waals surface area contributed by atoms with Gasteiger partial charge in [-0.3, -0.25) is 9.59 Å². The number of amides is 3. The van der Waals surface area contributed by atoms with Gasteiger partial charge in [-0.05, 0) is 75.2 Å². The van der Waals surface area contributed by atoms with Gasteiger partial charge in [-0.1, -0.05) is 12.1 Å². The van der Waals surface area contributed by atoms with Crippen LogP contribution in [0.1, 0.15) is 37.9 Å². The lowest BCUT2D eigenvalue weighted by Gasteiger charge is -2.31. The molecule has 0 radical (unpaired) electrons. The molecule has 0 bridgehead atoms. The Morgan fingerprint density at radius 3 is 2.34 bits per heavy atom. The monoisotopic (exact) mass is 483 g/mol. The minimum absolute atomic E-state index is 0.0372. The van der Waals surface area contributed by atoms with Crippen molar-refractivity contribution in [2.45, 2.75) is 39.3 Å². The molecule has 0 aliphatic heterocycles. The zero-order chi connectivity index (χ0) is 26.2. The number of alkyl carbamates (subject to hydrolysis) is 1. The number of nitrogens with one attached hydrogen (secondary N) is 2. The number of carbonyl (C=O) groups excluding carboxylic acids is 3. The highest BCUT2D eigenvalue weighted by Crippen LogP contribution is 2.28. The number of anilines is 1. The largest absolute Gasteiger partial charge is 0.508 e. The van der Waals surface area contributed by atoms with Crippen LogP contribution in [0.2, 0.25) is 0 Å². The van der Waals surface area contributed by atoms with E-state index in [1.165, 1.54) is 17.0 Å². The molecule has 2 aromatic rings. The Balaban J connectivity index is 2.35. The minimum Gasteiger partial charge on any atom is -0.508 e. The van der Waals surface area contributed by atoms with E-state index in [-0.39, 0.29) is 18.8 Å². The van der Waals surface area contributed by atoms with E-state index in [4.69, 9.17) is 9.47 Å². The first-order valence-corrected chi connectivity index (χ1v) is 11.1. The summed E-state index contributed by atoms with van der Waals surface area (Å²) in [6.07, 6.45) is 0.746. The summed E-state index contributed by atoms with van der Waals surface area (Å²) in [7, 11) is 1.54. The van der Waals surface area contributed by atoms with E-state index in [9.17, 15) is 19.5 Å². The normalized spacial score (nSPS) is 11.7. The molecule has 0 saturated heterocycles. The molecule has 1 unspecified atom stereocenters. The van der Waals surface area contributed by atoms with Crippen LogP contribution in [0.4, 0.5) is 10.5 Å². The molecule has 35 heavy (non-hydrogen) atoms. The third-order valence-electron chi connectivity index (χ3n) is 4.88. The molecule has 2 aromatic carbocycles. The van der Waals surface area contributed by atoms with Crippen molar-refractivity contribution in [3.05, 3.63) is 66.2 Å². The van der Waals surface area contributed by atoms with Crippen molar-refractivity contribution in [1.29, 1.82) is 0 Å². The van der Waals surface area contributed by atoms with Gasteiger partial charge in [-0.25, -0.2) is 4.79 Å². The third-order valence-corrected chi connectivity index (χ3v) is 4.88. The second kappa shape index (κ2) is 11.9. The molecule has 0 spiro atoms. The summed E-state index contributed by atoms with van der Waals surface area (Å²) in [6, 6.07) is 10.4. The smallest absolute Gasteiger partial charge is 0.408 e. The second-order valence-corrected chi connectivity index (χ2v) is 8.86. The van der Waals surface area contributed by atoms with Crippen LogP contribution in [0.25, 0.3) is 0 Å². The van der Waals surface area contributed by atoms with Crippen molar-refractivity contribution in [3.63, 3.8) is 0 Å². The first-order chi connectivity index (χ1) is 16.4. The second-order valence-electron chi connectivity index (χ2n) is 8.86. The standard InChI is InChI=1S/C26H33N3O6/c1-7-14-29(22(31)16-27-25(33)35-26(3,4)5)23(18-8-13-21(30)17(2)15-18)24(32)28-19-9-11-20(34-6)12-10-19/h7-13,15,23,30H,1,14,16H2,2-6H3,(H,27,33)(H,28,32). The molecule has 3 amide bonds. The molecule has 0 fully saturated rings. The van der Waals surface area contributed by atoms with Gasteiger partial charge in [0, 0.05) is 12.2 Å². The Morgan fingerprint density at radius 2 is 1.80 bits per heavy atom. The van der Waals surface area contributed by atoms with Gasteiger partial charge in [-0.2, -0.15) is 0 Å². The highest BCUT2D eigenvalue weighted by Gasteiger charge is 2.31. The average Bonchev–Trinajstić information content (AvgIpc) is 2.78. The van der Waals surface area contributed by atoms with E-state index in [1.807, 2.05) is 0 Å². The quantitative estimate of drug-likeness (QED) is 0.465. The molecule has 0 aromatic heterocycles. The third kappa shape index (κ3) is 8.06. The maximum Gasteiger partial charge on any atom is 0.408 e. The number of phenolic OH excluding ortho intramolecular Hbond substituents is 1. The number of hydrogen-bond donors (Lipinski definition) is 3. The number of nitrogens with zero attached hydrogens (tertiary/aromatic N) is 1. The Morgan fingerprint density at radius 1 is 1.14 bits per heavy atom. The first-order valence-electron chi connectivity index (χ1n) is 11.1. The topological polar surface area (TPSA) is 117 Å². The summed E-state index contributed by atoms with van der Waals surface area (Å²) >= 11 is 0. The molecule has 0 aliphatic rings. The fourth-order valence-electron chi connectivity index (χ4n) is 3.26. The van der Waals surface area contributed by atoms with Crippen molar-refractivity contribution in [2.24, 2.45) is 0 Å². The number of rotatable bonds is 9. The van der Waals surface area contributed by atoms with Gasteiger partial charge in [-0.15, -0.1) is 6.58 Å². The predicted octanol–water partition coefficient (Wildman–Crippen LogP) is 3.93. The Bertz CT molecular complexity index is 1060. The Hall–Kier alpha value is -4.01. The zero-order valence-corrected chi connectivity index (χ0v) is 20.8. The van der Waals surface area contributed by atoms with Crippen molar-refractivity contribution in [1.82, 2.24) is 10.2 Å². The zero-order valence-electron chi connectivity index (χ0n) is 20.8. The van der Waals surface area contributed by atoms with Crippen LogP contribution in [0, 0.1) is 6.92 Å². The van der Waals surface area contributed by atoms with Crippen LogP contribution in [0.3, 0.4) is 0 Å². The molecule has 0 heterocycles. The summed E-state index contributed by atoms with van der Waals surface area (Å²) < 4.78 is 10.3. The van der Waals surface area contributed by atoms with E-state index in [0.29, 0.717) is 22.6 Å². The van der Waals surface area contributed by atoms with Crippen LogP contribution in [0.15, 0.2) is 55.1 Å². The fraction of sp³-hybridized carbons (Fsp3) is 0.346. The van der Waals surface area contributed by atoms with Gasteiger partial charge < -0.3 is 30.1 Å². The molecular weight excluding hydrogens is 450 g/mol. The number of hydrogen-bond acceptors (Lipinski definition) is 6. The molecular formula is C26H33N3O6. The summed E-state index contributed by atoms with van der Waals surface area (Å²) in [5.41, 5.74) is 0.814. The highest BCUT2D eigenvalue weighted by molar-refractivity contribution is 5.98. The predicted molar refractivity (Wildman–Crippen MR) is 133 cm³/mol. The maximum atomic E-state index is 13.5. The van der Waals surface area contributed by atoms with Crippen LogP contribution in [-0.4, -0.2) is 53.7 Å². The molecule has 0 saturated carbocycles. The van der Waals surface area contributed by atoms with Crippen LogP contribution >= 0.6 is 0 Å². The fourth-order valence-corrected chi connectivity index (χ4v) is 3.26. The highest BCUT2D eigenvalue weighted by atomic mass is 16.6. The van der Waals surface area contributed by atoms with Gasteiger partial charge in [0.05, 0.1) is 7.11 Å². The lowest BCUT2D eigenvalue weighted by atomic mass is 10.0. The number of benzene rings is 2. The van der Waals surface area contributed by atoms with Crippen molar-refractivity contribution in [2.75, 3.05) is 25.5 Å². The Labute approximate surface area is 205 Å². The minimum atomic E-state index is -1.07. The van der Waals surface area contributed by atoms with E-state index < -0.39 is 29.6 Å². The van der Waals surface area contributed by atoms with Gasteiger partial charge in [0.1, 0.15) is 29.7 Å². The molecule has 2 rings (SSSR count). The number of phenols is 1. The van der Waals surface area contributed by atoms with Crippen LogP contribution in [-0.2, 0) is 14.3 Å². The molecule has 9 nitrogen and oxygen atoms in total. The lowest BCUT2D eigenvalue weighted by molar-refractivity contribution is -0.137. The van der Waals surface area contributed by atoms with Crippen LogP contribution < -0.4 is 15.4 Å². The molecule has 1 atom stereocenters. The van der Waals surface area contributed by atoms with Crippen molar-refractivity contribution < 1.29 is 29.0 Å². The van der Waals surface area contributed by atoms with E-state index in [0.717, 1.165) is 0 Å². The van der Waals surface area contributed by atoms with E-state index in [1.54, 1.807) is 71.2 Å². The van der Waals surface area contributed by atoms with E-state index in [2.05, 4.69) is 17.2 Å². The first kappa shape index (κ1) is 27.2. The van der Waals surface area contributed by atoms with Gasteiger partial charge in [0.25, 0.3) is 5.91 Å². The van der Waals surface area contributed by atoms with E-state index >= 15 is 0 Å². The number of carbonyl (C=O) groups is 3. The summed E-state index contributed by atoms with van der Waals surface area (Å²) in [5, 5.41) is 15.2.